The molecule has 1 saturated heterocycles. The second-order valence-electron chi connectivity index (χ2n) is 14.8. The molecule has 7 atom stereocenters. The number of carbonyl (C=O) groups is 1. The fourth-order valence-corrected chi connectivity index (χ4v) is 6.48. The summed E-state index contributed by atoms with van der Waals surface area (Å²) >= 11 is 0. The SMILES string of the molecule is CCCCCCC/C=C/CC/C=C/CC/C=C/C(O)C(COC1OC(CO)C(O)C(O)C1O)NC(=O)CCCCCCCCCCCCCCCC. The second-order valence-corrected chi connectivity index (χ2v) is 14.8. The molecular formula is C43H79NO8. The lowest BCUT2D eigenvalue weighted by molar-refractivity contribution is -0.302. The molecule has 0 aromatic carbocycles. The van der Waals surface area contributed by atoms with Gasteiger partial charge in [0.15, 0.2) is 6.29 Å². The van der Waals surface area contributed by atoms with Crippen LogP contribution in [0.3, 0.4) is 0 Å². The number of carbonyl (C=O) groups excluding carboxylic acids is 1. The molecule has 0 aromatic rings. The Morgan fingerprint density at radius 3 is 1.62 bits per heavy atom. The zero-order valence-electron chi connectivity index (χ0n) is 33.1. The Balaban J connectivity index is 2.45. The molecule has 304 valence electrons. The number of aliphatic hydroxyl groups excluding tert-OH is 5. The molecule has 52 heavy (non-hydrogen) atoms. The number of hydrogen-bond donors (Lipinski definition) is 6. The molecule has 9 nitrogen and oxygen atoms in total. The normalized spacial score (nSPS) is 22.2. The quantitative estimate of drug-likeness (QED) is 0.0287. The first-order valence-corrected chi connectivity index (χ1v) is 21.2. The molecule has 0 aliphatic carbocycles. The summed E-state index contributed by atoms with van der Waals surface area (Å²) in [5.74, 6) is -0.192. The van der Waals surface area contributed by atoms with E-state index >= 15 is 0 Å². The zero-order chi connectivity index (χ0) is 38.1. The highest BCUT2D eigenvalue weighted by Crippen LogP contribution is 2.22. The van der Waals surface area contributed by atoms with Crippen LogP contribution < -0.4 is 5.32 Å². The highest BCUT2D eigenvalue weighted by atomic mass is 16.7. The predicted octanol–water partition coefficient (Wildman–Crippen LogP) is 8.11. The van der Waals surface area contributed by atoms with Crippen LogP contribution in [0.2, 0.25) is 0 Å². The Morgan fingerprint density at radius 2 is 1.10 bits per heavy atom. The lowest BCUT2D eigenvalue weighted by atomic mass is 9.99. The van der Waals surface area contributed by atoms with Gasteiger partial charge in [0.2, 0.25) is 5.91 Å². The van der Waals surface area contributed by atoms with Crippen molar-refractivity contribution in [3.05, 3.63) is 36.5 Å². The van der Waals surface area contributed by atoms with Crippen molar-refractivity contribution in [3.63, 3.8) is 0 Å². The third-order valence-electron chi connectivity index (χ3n) is 9.95. The number of unbranched alkanes of at least 4 members (excludes halogenated alkanes) is 20. The van der Waals surface area contributed by atoms with E-state index in [9.17, 15) is 30.3 Å². The lowest BCUT2D eigenvalue weighted by Crippen LogP contribution is -2.60. The summed E-state index contributed by atoms with van der Waals surface area (Å²) in [5, 5.41) is 54.0. The van der Waals surface area contributed by atoms with E-state index in [1.807, 2.05) is 6.08 Å². The second kappa shape index (κ2) is 33.9. The van der Waals surface area contributed by atoms with Crippen molar-refractivity contribution in [1.82, 2.24) is 5.32 Å². The zero-order valence-corrected chi connectivity index (χ0v) is 33.1. The van der Waals surface area contributed by atoms with E-state index in [0.717, 1.165) is 51.4 Å². The van der Waals surface area contributed by atoms with Crippen LogP contribution in [-0.2, 0) is 14.3 Å². The molecule has 0 bridgehead atoms. The van der Waals surface area contributed by atoms with Crippen molar-refractivity contribution < 1.29 is 39.8 Å². The first kappa shape index (κ1) is 48.4. The van der Waals surface area contributed by atoms with E-state index in [2.05, 4.69) is 43.5 Å². The fraction of sp³-hybridized carbons (Fsp3) is 0.837. The van der Waals surface area contributed by atoms with E-state index in [1.165, 1.54) is 103 Å². The molecular weight excluding hydrogens is 658 g/mol. The molecule has 6 N–H and O–H groups in total. The van der Waals surface area contributed by atoms with Gasteiger partial charge in [0.25, 0.3) is 0 Å². The Bertz CT molecular complexity index is 910. The maximum Gasteiger partial charge on any atom is 0.220 e. The van der Waals surface area contributed by atoms with E-state index < -0.39 is 49.5 Å². The molecule has 0 radical (unpaired) electrons. The Kier molecular flexibility index (Phi) is 31.6. The lowest BCUT2D eigenvalue weighted by Gasteiger charge is -2.40. The summed E-state index contributed by atoms with van der Waals surface area (Å²) < 4.78 is 11.2. The van der Waals surface area contributed by atoms with Gasteiger partial charge < -0.3 is 40.3 Å². The third-order valence-corrected chi connectivity index (χ3v) is 9.95. The molecule has 1 aliphatic rings. The van der Waals surface area contributed by atoms with E-state index in [0.29, 0.717) is 6.42 Å². The Labute approximate surface area is 317 Å². The number of allylic oxidation sites excluding steroid dienone is 5. The molecule has 0 spiro atoms. The number of hydrogen-bond acceptors (Lipinski definition) is 8. The highest BCUT2D eigenvalue weighted by Gasteiger charge is 2.44. The van der Waals surface area contributed by atoms with Gasteiger partial charge in [-0.25, -0.2) is 0 Å². The fourth-order valence-electron chi connectivity index (χ4n) is 6.48. The van der Waals surface area contributed by atoms with Gasteiger partial charge in [-0.15, -0.1) is 0 Å². The largest absolute Gasteiger partial charge is 0.394 e. The van der Waals surface area contributed by atoms with Crippen LogP contribution in [0.4, 0.5) is 0 Å². The van der Waals surface area contributed by atoms with Crippen molar-refractivity contribution in [1.29, 1.82) is 0 Å². The van der Waals surface area contributed by atoms with Gasteiger partial charge in [0, 0.05) is 6.42 Å². The van der Waals surface area contributed by atoms with E-state index in [4.69, 9.17) is 9.47 Å². The van der Waals surface area contributed by atoms with Crippen LogP contribution in [0, 0.1) is 0 Å². The van der Waals surface area contributed by atoms with Gasteiger partial charge in [-0.3, -0.25) is 4.79 Å². The molecule has 1 aliphatic heterocycles. The summed E-state index contributed by atoms with van der Waals surface area (Å²) in [4.78, 5) is 12.9. The monoisotopic (exact) mass is 738 g/mol. The first-order valence-electron chi connectivity index (χ1n) is 21.2. The van der Waals surface area contributed by atoms with Crippen LogP contribution in [0.15, 0.2) is 36.5 Å². The molecule has 7 unspecified atom stereocenters. The molecule has 0 aromatic heterocycles. The van der Waals surface area contributed by atoms with Gasteiger partial charge in [-0.05, 0) is 44.9 Å². The molecule has 0 saturated carbocycles. The predicted molar refractivity (Wildman–Crippen MR) is 212 cm³/mol. The number of rotatable bonds is 34. The van der Waals surface area contributed by atoms with Gasteiger partial charge >= 0.3 is 0 Å². The van der Waals surface area contributed by atoms with Crippen molar-refractivity contribution >= 4 is 5.91 Å². The van der Waals surface area contributed by atoms with Crippen molar-refractivity contribution in [3.8, 4) is 0 Å². The summed E-state index contributed by atoms with van der Waals surface area (Å²) in [5.41, 5.74) is 0. The minimum Gasteiger partial charge on any atom is -0.394 e. The number of amides is 1. The average Bonchev–Trinajstić information content (AvgIpc) is 3.14. The summed E-state index contributed by atoms with van der Waals surface area (Å²) in [6.07, 6.45) is 33.2. The summed E-state index contributed by atoms with van der Waals surface area (Å²) in [6, 6.07) is -0.822. The van der Waals surface area contributed by atoms with Crippen molar-refractivity contribution in [2.24, 2.45) is 0 Å². The van der Waals surface area contributed by atoms with E-state index in [1.54, 1.807) is 6.08 Å². The molecule has 1 rings (SSSR count). The van der Waals surface area contributed by atoms with Gasteiger partial charge in [-0.1, -0.05) is 159 Å². The molecule has 1 amide bonds. The minimum absolute atomic E-state index is 0.192. The molecule has 1 fully saturated rings. The maximum atomic E-state index is 12.9. The number of aliphatic hydroxyl groups is 5. The number of nitrogens with one attached hydrogen (secondary N) is 1. The number of ether oxygens (including phenoxy) is 2. The van der Waals surface area contributed by atoms with Crippen LogP contribution in [0.25, 0.3) is 0 Å². The van der Waals surface area contributed by atoms with Crippen molar-refractivity contribution in [2.45, 2.75) is 217 Å². The van der Waals surface area contributed by atoms with Crippen LogP contribution in [0.5, 0.6) is 0 Å². The average molecular weight is 738 g/mol. The molecule has 9 heteroatoms. The summed E-state index contributed by atoms with van der Waals surface area (Å²) in [7, 11) is 0. The first-order chi connectivity index (χ1) is 25.3. The molecule has 1 heterocycles. The minimum atomic E-state index is -1.57. The van der Waals surface area contributed by atoms with E-state index in [-0.39, 0.29) is 12.5 Å². The third kappa shape index (κ3) is 24.7. The Morgan fingerprint density at radius 1 is 0.635 bits per heavy atom. The summed E-state index contributed by atoms with van der Waals surface area (Å²) in [6.45, 7) is 3.72. The van der Waals surface area contributed by atoms with Gasteiger partial charge in [0.1, 0.15) is 24.4 Å². The van der Waals surface area contributed by atoms with Crippen LogP contribution in [0.1, 0.15) is 174 Å². The van der Waals surface area contributed by atoms with Gasteiger partial charge in [-0.2, -0.15) is 0 Å². The van der Waals surface area contributed by atoms with Crippen molar-refractivity contribution in [2.75, 3.05) is 13.2 Å². The standard InChI is InChI=1S/C43H79NO8/c1-3-5-7-9-11-13-15-17-19-20-22-24-26-28-30-32-37(46)36(35-51-43-42(50)41(49)40(48)38(34-45)52-43)44-39(47)33-31-29-27-25-23-21-18-16-14-12-10-8-6-4-2/h15,17,22,24,30,32,36-38,40-43,45-46,48-50H,3-14,16,18-21,23,25-29,31,33-35H2,1-2H3,(H,44,47)/b17-15+,24-22+,32-30+. The highest BCUT2D eigenvalue weighted by molar-refractivity contribution is 5.76. The van der Waals surface area contributed by atoms with Crippen LogP contribution >= 0.6 is 0 Å². The Hall–Kier alpha value is -1.59. The van der Waals surface area contributed by atoms with Crippen LogP contribution in [-0.4, -0.2) is 87.5 Å². The topological polar surface area (TPSA) is 149 Å². The maximum absolute atomic E-state index is 12.9. The smallest absolute Gasteiger partial charge is 0.220 e. The van der Waals surface area contributed by atoms with Gasteiger partial charge in [0.05, 0.1) is 25.4 Å².